The van der Waals surface area contributed by atoms with Crippen LogP contribution in [0.2, 0.25) is 5.02 Å². The molecule has 1 unspecified atom stereocenters. The first-order chi connectivity index (χ1) is 9.58. The van der Waals surface area contributed by atoms with E-state index >= 15 is 0 Å². The maximum Gasteiger partial charge on any atom is 0.408 e. The Hall–Kier alpha value is -1.82. The number of carboxylic acid groups (broad SMARTS) is 1. The second-order valence-electron chi connectivity index (χ2n) is 5.48. The van der Waals surface area contributed by atoms with Crippen LogP contribution in [0.4, 0.5) is 9.18 Å². The van der Waals surface area contributed by atoms with Crippen molar-refractivity contribution >= 4 is 23.7 Å². The molecule has 116 valence electrons. The number of rotatable bonds is 4. The largest absolute Gasteiger partial charge is 0.480 e. The van der Waals surface area contributed by atoms with Crippen molar-refractivity contribution in [2.24, 2.45) is 0 Å². The van der Waals surface area contributed by atoms with Gasteiger partial charge in [0.25, 0.3) is 0 Å². The molecule has 7 heteroatoms. The minimum absolute atomic E-state index is 0.0757. The Balaban J connectivity index is 2.79. The summed E-state index contributed by atoms with van der Waals surface area (Å²) in [5.74, 6) is -1.75. The van der Waals surface area contributed by atoms with Crippen LogP contribution >= 0.6 is 11.6 Å². The molecule has 5 nitrogen and oxygen atoms in total. The molecule has 0 bridgehead atoms. The third-order valence-electron chi connectivity index (χ3n) is 2.43. The lowest BCUT2D eigenvalue weighted by Gasteiger charge is -2.22. The predicted molar refractivity (Wildman–Crippen MR) is 75.9 cm³/mol. The summed E-state index contributed by atoms with van der Waals surface area (Å²) >= 11 is 5.84. The van der Waals surface area contributed by atoms with Gasteiger partial charge in [0.2, 0.25) is 0 Å². The second-order valence-corrected chi connectivity index (χ2v) is 5.88. The molecule has 0 aromatic heterocycles. The number of carbonyl (C=O) groups excluding carboxylic acids is 1. The number of carbonyl (C=O) groups is 2. The van der Waals surface area contributed by atoms with Crippen molar-refractivity contribution in [2.75, 3.05) is 0 Å². The highest BCUT2D eigenvalue weighted by Crippen LogP contribution is 2.19. The fourth-order valence-corrected chi connectivity index (χ4v) is 1.80. The molecule has 0 heterocycles. The molecule has 1 aromatic carbocycles. The quantitative estimate of drug-likeness (QED) is 0.895. The van der Waals surface area contributed by atoms with Crippen LogP contribution < -0.4 is 5.32 Å². The minimum atomic E-state index is -1.23. The van der Waals surface area contributed by atoms with Crippen LogP contribution in [0, 0.1) is 5.82 Å². The van der Waals surface area contributed by atoms with E-state index in [0.717, 1.165) is 6.07 Å². The molecule has 0 saturated heterocycles. The number of aliphatic carboxylic acids is 1. The zero-order valence-corrected chi connectivity index (χ0v) is 12.7. The topological polar surface area (TPSA) is 75.6 Å². The molecule has 1 aromatic rings. The summed E-state index contributed by atoms with van der Waals surface area (Å²) in [5.41, 5.74) is -0.317. The van der Waals surface area contributed by atoms with Crippen molar-refractivity contribution in [3.8, 4) is 0 Å². The third kappa shape index (κ3) is 5.99. The molecule has 1 amide bonds. The van der Waals surface area contributed by atoms with Crippen LogP contribution in [-0.2, 0) is 16.0 Å². The predicted octanol–water partition coefficient (Wildman–Crippen LogP) is 3.00. The van der Waals surface area contributed by atoms with Gasteiger partial charge in [0.15, 0.2) is 0 Å². The molecule has 0 saturated carbocycles. The van der Waals surface area contributed by atoms with E-state index in [2.05, 4.69) is 5.32 Å². The molecule has 1 atom stereocenters. The number of benzene rings is 1. The van der Waals surface area contributed by atoms with Crippen LogP contribution in [0.25, 0.3) is 0 Å². The Morgan fingerprint density at radius 1 is 1.43 bits per heavy atom. The molecule has 0 fully saturated rings. The molecule has 0 aliphatic heterocycles. The van der Waals surface area contributed by atoms with Gasteiger partial charge in [-0.25, -0.2) is 14.0 Å². The van der Waals surface area contributed by atoms with Gasteiger partial charge in [-0.05, 0) is 38.5 Å². The Labute approximate surface area is 127 Å². The number of alkyl carbamates (subject to hydrolysis) is 1. The van der Waals surface area contributed by atoms with Crippen LogP contribution in [0.5, 0.6) is 0 Å². The zero-order chi connectivity index (χ0) is 16.2. The fourth-order valence-electron chi connectivity index (χ4n) is 1.56. The number of hydrogen-bond acceptors (Lipinski definition) is 3. The Morgan fingerprint density at radius 2 is 2.05 bits per heavy atom. The van der Waals surface area contributed by atoms with Gasteiger partial charge in [-0.2, -0.15) is 0 Å². The molecule has 2 N–H and O–H groups in total. The first kappa shape index (κ1) is 17.2. The maximum absolute atomic E-state index is 12.9. The number of carboxylic acids is 1. The van der Waals surface area contributed by atoms with Crippen molar-refractivity contribution in [1.82, 2.24) is 5.32 Å². The van der Waals surface area contributed by atoms with Crippen molar-refractivity contribution in [1.29, 1.82) is 0 Å². The van der Waals surface area contributed by atoms with Gasteiger partial charge in [0.05, 0.1) is 0 Å². The summed E-state index contributed by atoms with van der Waals surface area (Å²) in [6.45, 7) is 5.00. The summed E-state index contributed by atoms with van der Waals surface area (Å²) in [7, 11) is 0. The Morgan fingerprint density at radius 3 is 2.52 bits per heavy atom. The number of halogens is 2. The van der Waals surface area contributed by atoms with Gasteiger partial charge in [-0.1, -0.05) is 17.7 Å². The van der Waals surface area contributed by atoms with Gasteiger partial charge >= 0.3 is 12.1 Å². The minimum Gasteiger partial charge on any atom is -0.480 e. The third-order valence-corrected chi connectivity index (χ3v) is 2.78. The Bertz CT molecular complexity index is 542. The van der Waals surface area contributed by atoms with Crippen molar-refractivity contribution < 1.29 is 23.8 Å². The van der Waals surface area contributed by atoms with Crippen LogP contribution in [0.15, 0.2) is 18.2 Å². The normalized spacial score (nSPS) is 12.6. The van der Waals surface area contributed by atoms with E-state index < -0.39 is 29.5 Å². The summed E-state index contributed by atoms with van der Waals surface area (Å²) < 4.78 is 17.9. The smallest absolute Gasteiger partial charge is 0.408 e. The van der Waals surface area contributed by atoms with E-state index in [4.69, 9.17) is 21.4 Å². The molecule has 0 aliphatic carbocycles. The van der Waals surface area contributed by atoms with Gasteiger partial charge in [-0.15, -0.1) is 0 Å². The molecule has 0 spiro atoms. The monoisotopic (exact) mass is 317 g/mol. The van der Waals surface area contributed by atoms with Gasteiger partial charge < -0.3 is 15.2 Å². The SMILES string of the molecule is CC(C)(C)OC(=O)NC(Cc1ccc(F)cc1Cl)C(=O)O. The lowest BCUT2D eigenvalue weighted by molar-refractivity contribution is -0.139. The van der Waals surface area contributed by atoms with E-state index in [1.807, 2.05) is 0 Å². The van der Waals surface area contributed by atoms with Crippen molar-refractivity contribution in [3.05, 3.63) is 34.6 Å². The van der Waals surface area contributed by atoms with Gasteiger partial charge in [-0.3, -0.25) is 0 Å². The van der Waals surface area contributed by atoms with E-state index in [1.54, 1.807) is 20.8 Å². The highest BCUT2D eigenvalue weighted by molar-refractivity contribution is 6.31. The van der Waals surface area contributed by atoms with E-state index in [-0.39, 0.29) is 11.4 Å². The number of nitrogens with one attached hydrogen (secondary N) is 1. The number of amides is 1. The lowest BCUT2D eigenvalue weighted by atomic mass is 10.1. The summed E-state index contributed by atoms with van der Waals surface area (Å²) in [4.78, 5) is 22.8. The highest BCUT2D eigenvalue weighted by Gasteiger charge is 2.24. The average Bonchev–Trinajstić information content (AvgIpc) is 2.28. The highest BCUT2D eigenvalue weighted by atomic mass is 35.5. The van der Waals surface area contributed by atoms with Crippen LogP contribution in [0.1, 0.15) is 26.3 Å². The molecule has 1 rings (SSSR count). The summed E-state index contributed by atoms with van der Waals surface area (Å²) in [6, 6.07) is 2.42. The van der Waals surface area contributed by atoms with Crippen LogP contribution in [0.3, 0.4) is 0 Å². The molecular formula is C14H17ClFNO4. The van der Waals surface area contributed by atoms with Crippen LogP contribution in [-0.4, -0.2) is 28.8 Å². The van der Waals surface area contributed by atoms with Crippen molar-refractivity contribution in [2.45, 2.75) is 38.8 Å². The lowest BCUT2D eigenvalue weighted by Crippen LogP contribution is -2.44. The summed E-state index contributed by atoms with van der Waals surface area (Å²) in [6.07, 6.45) is -0.915. The first-order valence-corrected chi connectivity index (χ1v) is 6.62. The first-order valence-electron chi connectivity index (χ1n) is 6.25. The van der Waals surface area contributed by atoms with Gasteiger partial charge in [0, 0.05) is 11.4 Å². The molecular weight excluding hydrogens is 301 g/mol. The Kier molecular flexibility index (Phi) is 5.54. The standard InChI is InChI=1S/C14H17ClFNO4/c1-14(2,3)21-13(20)17-11(12(18)19)6-8-4-5-9(16)7-10(8)15/h4-5,7,11H,6H2,1-3H3,(H,17,20)(H,18,19). The second kappa shape index (κ2) is 6.76. The maximum atomic E-state index is 12.9. The number of hydrogen-bond donors (Lipinski definition) is 2. The van der Waals surface area contributed by atoms with E-state index in [9.17, 15) is 14.0 Å². The molecule has 21 heavy (non-hydrogen) atoms. The van der Waals surface area contributed by atoms with Gasteiger partial charge in [0.1, 0.15) is 17.5 Å². The number of ether oxygens (including phenoxy) is 1. The summed E-state index contributed by atoms with van der Waals surface area (Å²) in [5, 5.41) is 11.5. The zero-order valence-electron chi connectivity index (χ0n) is 11.9. The molecule has 0 radical (unpaired) electrons. The van der Waals surface area contributed by atoms with E-state index in [0.29, 0.717) is 5.56 Å². The fraction of sp³-hybridized carbons (Fsp3) is 0.429. The molecule has 0 aliphatic rings. The van der Waals surface area contributed by atoms with E-state index in [1.165, 1.54) is 12.1 Å². The van der Waals surface area contributed by atoms with Crippen molar-refractivity contribution in [3.63, 3.8) is 0 Å². The average molecular weight is 318 g/mol.